The van der Waals surface area contributed by atoms with Crippen molar-refractivity contribution in [3.63, 3.8) is 0 Å². The Labute approximate surface area is 88.1 Å². The normalized spacial score (nSPS) is 39.3. The van der Waals surface area contributed by atoms with Crippen molar-refractivity contribution in [1.29, 1.82) is 0 Å². The van der Waals surface area contributed by atoms with Crippen LogP contribution in [0.2, 0.25) is 0 Å². The van der Waals surface area contributed by atoms with E-state index in [0.717, 1.165) is 19.6 Å². The van der Waals surface area contributed by atoms with Gasteiger partial charge in [-0.1, -0.05) is 23.2 Å². The highest BCUT2D eigenvalue weighted by Crippen LogP contribution is 2.51. The zero-order chi connectivity index (χ0) is 9.42. The van der Waals surface area contributed by atoms with E-state index in [1.54, 1.807) is 0 Å². The lowest BCUT2D eigenvalue weighted by Gasteiger charge is -2.17. The van der Waals surface area contributed by atoms with Gasteiger partial charge in [-0.2, -0.15) is 0 Å². The first-order chi connectivity index (χ1) is 6.26. The van der Waals surface area contributed by atoms with Gasteiger partial charge in [-0.05, 0) is 17.8 Å². The minimum atomic E-state index is 0.349. The second-order valence-corrected chi connectivity index (χ2v) is 4.63. The molecule has 2 rings (SSSR count). The zero-order valence-corrected chi connectivity index (χ0v) is 8.80. The largest absolute Gasteiger partial charge is 0.396 e. The van der Waals surface area contributed by atoms with Crippen LogP contribution < -0.4 is 0 Å². The summed E-state index contributed by atoms with van der Waals surface area (Å²) in [6.07, 6.45) is 0. The van der Waals surface area contributed by atoms with E-state index in [9.17, 15) is 0 Å². The Bertz CT molecular complexity index is 220. The van der Waals surface area contributed by atoms with Gasteiger partial charge in [-0.15, -0.1) is 0 Å². The molecule has 1 aliphatic carbocycles. The lowest BCUT2D eigenvalue weighted by Crippen LogP contribution is -2.26. The van der Waals surface area contributed by atoms with Crippen LogP contribution in [-0.2, 0) is 0 Å². The van der Waals surface area contributed by atoms with Crippen LogP contribution >= 0.6 is 23.2 Å². The molecule has 0 aromatic heterocycles. The van der Waals surface area contributed by atoms with Crippen LogP contribution in [0.25, 0.3) is 0 Å². The first kappa shape index (κ1) is 9.78. The summed E-state index contributed by atoms with van der Waals surface area (Å²) < 4.78 is 0. The number of nitrogens with zero attached hydrogens (tertiary/aromatic N) is 1. The molecule has 1 saturated carbocycles. The molecule has 0 aromatic rings. The number of halogens is 2. The number of aliphatic hydroxyl groups is 1. The van der Waals surface area contributed by atoms with Gasteiger partial charge in [0.1, 0.15) is 0 Å². The van der Waals surface area contributed by atoms with Crippen molar-refractivity contribution in [2.24, 2.45) is 17.8 Å². The lowest BCUT2D eigenvalue weighted by atomic mass is 10.3. The molecule has 1 N–H and O–H groups in total. The minimum Gasteiger partial charge on any atom is -0.396 e. The van der Waals surface area contributed by atoms with Gasteiger partial charge in [-0.3, -0.25) is 4.90 Å². The molecule has 0 amide bonds. The fraction of sp³-hybridized carbons (Fsp3) is 0.778. The van der Waals surface area contributed by atoms with E-state index in [1.165, 1.54) is 5.54 Å². The number of fused-ring (bicyclic) bond motifs is 1. The lowest BCUT2D eigenvalue weighted by molar-refractivity contribution is 0.228. The molecular formula is C9H13Cl2NO. The van der Waals surface area contributed by atoms with Gasteiger partial charge in [0, 0.05) is 36.8 Å². The third kappa shape index (κ3) is 1.86. The summed E-state index contributed by atoms with van der Waals surface area (Å²) in [6.45, 7) is 3.24. The SMILES string of the molecule is OCC1[C@H]2CN(C/C(Cl)=C/Cl)C[C@@H]12. The molecule has 74 valence electrons. The maximum atomic E-state index is 8.95. The summed E-state index contributed by atoms with van der Waals surface area (Å²) in [6, 6.07) is 0. The van der Waals surface area contributed by atoms with Gasteiger partial charge in [0.25, 0.3) is 0 Å². The van der Waals surface area contributed by atoms with E-state index in [4.69, 9.17) is 28.3 Å². The first-order valence-electron chi connectivity index (χ1n) is 4.54. The fourth-order valence-electron chi connectivity index (χ4n) is 2.38. The average Bonchev–Trinajstić information content (AvgIpc) is 2.61. The number of aliphatic hydroxyl groups excluding tert-OH is 1. The molecular weight excluding hydrogens is 209 g/mol. The molecule has 0 aromatic carbocycles. The van der Waals surface area contributed by atoms with Crippen LogP contribution in [0.1, 0.15) is 0 Å². The first-order valence-corrected chi connectivity index (χ1v) is 5.35. The van der Waals surface area contributed by atoms with E-state index >= 15 is 0 Å². The Morgan fingerprint density at radius 1 is 1.46 bits per heavy atom. The van der Waals surface area contributed by atoms with Crippen molar-refractivity contribution < 1.29 is 5.11 Å². The van der Waals surface area contributed by atoms with Gasteiger partial charge in [-0.25, -0.2) is 0 Å². The third-order valence-corrected chi connectivity index (χ3v) is 3.75. The maximum absolute atomic E-state index is 8.95. The third-order valence-electron chi connectivity index (χ3n) is 3.15. The van der Waals surface area contributed by atoms with Crippen molar-refractivity contribution >= 4 is 23.2 Å². The van der Waals surface area contributed by atoms with Crippen LogP contribution in [0, 0.1) is 17.8 Å². The second-order valence-electron chi connectivity index (χ2n) is 3.92. The summed E-state index contributed by atoms with van der Waals surface area (Å²) in [5, 5.41) is 9.65. The van der Waals surface area contributed by atoms with Crippen molar-refractivity contribution in [2.75, 3.05) is 26.2 Å². The van der Waals surface area contributed by atoms with E-state index < -0.39 is 0 Å². The molecule has 2 aliphatic rings. The van der Waals surface area contributed by atoms with E-state index in [1.807, 2.05) is 0 Å². The predicted molar refractivity (Wildman–Crippen MR) is 53.8 cm³/mol. The number of piperidine rings is 1. The topological polar surface area (TPSA) is 23.5 Å². The molecule has 0 bridgehead atoms. The average molecular weight is 222 g/mol. The van der Waals surface area contributed by atoms with Crippen LogP contribution in [0.4, 0.5) is 0 Å². The fourth-order valence-corrected chi connectivity index (χ4v) is 2.62. The Kier molecular flexibility index (Phi) is 2.84. The van der Waals surface area contributed by atoms with Crippen LogP contribution in [-0.4, -0.2) is 36.2 Å². The molecule has 2 nitrogen and oxygen atoms in total. The van der Waals surface area contributed by atoms with Gasteiger partial charge >= 0.3 is 0 Å². The number of rotatable bonds is 3. The minimum absolute atomic E-state index is 0.349. The summed E-state index contributed by atoms with van der Waals surface area (Å²) in [5.41, 5.74) is 1.43. The smallest absolute Gasteiger partial charge is 0.0465 e. The van der Waals surface area contributed by atoms with Crippen molar-refractivity contribution in [3.8, 4) is 0 Å². The molecule has 1 heterocycles. The molecule has 0 radical (unpaired) electrons. The highest BCUT2D eigenvalue weighted by molar-refractivity contribution is 6.36. The van der Waals surface area contributed by atoms with Crippen LogP contribution in [0.15, 0.2) is 10.6 Å². The number of likely N-dealkylation sites (tertiary alicyclic amines) is 1. The quantitative estimate of drug-likeness (QED) is 0.781. The monoisotopic (exact) mass is 221 g/mol. The Morgan fingerprint density at radius 2 is 2.08 bits per heavy atom. The van der Waals surface area contributed by atoms with E-state index in [0.29, 0.717) is 29.4 Å². The Hall–Kier alpha value is 0.240. The summed E-state index contributed by atoms with van der Waals surface area (Å²) >= 11 is 11.3. The molecule has 4 heteroatoms. The molecule has 3 atom stereocenters. The highest BCUT2D eigenvalue weighted by atomic mass is 35.5. The van der Waals surface area contributed by atoms with Gasteiger partial charge < -0.3 is 5.11 Å². The van der Waals surface area contributed by atoms with Crippen LogP contribution in [0.5, 0.6) is 0 Å². The number of hydrogen-bond acceptors (Lipinski definition) is 2. The molecule has 1 unspecified atom stereocenters. The summed E-state index contributed by atoms with van der Waals surface area (Å²) in [5.74, 6) is 1.99. The van der Waals surface area contributed by atoms with Gasteiger partial charge in [0.15, 0.2) is 0 Å². The summed E-state index contributed by atoms with van der Waals surface area (Å²) in [7, 11) is 0. The Balaban J connectivity index is 1.78. The summed E-state index contributed by atoms with van der Waals surface area (Å²) in [4.78, 5) is 2.29. The number of hydrogen-bond donors (Lipinski definition) is 1. The molecule has 13 heavy (non-hydrogen) atoms. The highest BCUT2D eigenvalue weighted by Gasteiger charge is 2.54. The van der Waals surface area contributed by atoms with Gasteiger partial charge in [0.05, 0.1) is 0 Å². The predicted octanol–water partition coefficient (Wildman–Crippen LogP) is 1.48. The van der Waals surface area contributed by atoms with Crippen molar-refractivity contribution in [1.82, 2.24) is 4.90 Å². The van der Waals surface area contributed by atoms with Crippen molar-refractivity contribution in [2.45, 2.75) is 0 Å². The molecule has 0 spiro atoms. The molecule has 2 fully saturated rings. The van der Waals surface area contributed by atoms with Crippen molar-refractivity contribution in [3.05, 3.63) is 10.6 Å². The Morgan fingerprint density at radius 3 is 2.54 bits per heavy atom. The molecule has 1 saturated heterocycles. The zero-order valence-electron chi connectivity index (χ0n) is 7.29. The van der Waals surface area contributed by atoms with Gasteiger partial charge in [0.2, 0.25) is 0 Å². The molecule has 1 aliphatic heterocycles. The van der Waals surface area contributed by atoms with E-state index in [-0.39, 0.29) is 0 Å². The van der Waals surface area contributed by atoms with E-state index in [2.05, 4.69) is 4.90 Å². The van der Waals surface area contributed by atoms with Crippen LogP contribution in [0.3, 0.4) is 0 Å². The standard InChI is InChI=1S/C9H13Cl2NO/c10-1-6(11)2-12-3-7-8(4-12)9(7)5-13/h1,7-9,13H,2-5H2/b6-1-/t7-,8+,9?. The second kappa shape index (κ2) is 3.77. The maximum Gasteiger partial charge on any atom is 0.0465 e.